The van der Waals surface area contributed by atoms with Gasteiger partial charge in [0.15, 0.2) is 0 Å². The molecule has 0 atom stereocenters. The Hall–Kier alpha value is -2.19. The van der Waals surface area contributed by atoms with Crippen LogP contribution in [0.25, 0.3) is 0 Å². The molecule has 19 heavy (non-hydrogen) atoms. The second-order valence-electron chi connectivity index (χ2n) is 3.40. The molecule has 0 saturated carbocycles. The Morgan fingerprint density at radius 3 is 2.79 bits per heavy atom. The van der Waals surface area contributed by atoms with E-state index in [-0.39, 0.29) is 12.2 Å². The van der Waals surface area contributed by atoms with Gasteiger partial charge >= 0.3 is 5.97 Å². The lowest BCUT2D eigenvalue weighted by Crippen LogP contribution is -2.12. The van der Waals surface area contributed by atoms with E-state index >= 15 is 0 Å². The average molecular weight is 282 g/mol. The van der Waals surface area contributed by atoms with Crippen LogP contribution in [0, 0.1) is 11.3 Å². The lowest BCUT2D eigenvalue weighted by Gasteiger charge is -2.11. The van der Waals surface area contributed by atoms with Gasteiger partial charge in [0, 0.05) is 10.6 Å². The second kappa shape index (κ2) is 7.29. The van der Waals surface area contributed by atoms with E-state index in [0.717, 1.165) is 6.26 Å². The van der Waals surface area contributed by atoms with Crippen molar-refractivity contribution in [1.29, 1.82) is 5.26 Å². The summed E-state index contributed by atoms with van der Waals surface area (Å²) in [6.07, 6.45) is 1.23. The third-order valence-corrected chi connectivity index (χ3v) is 2.36. The topological polar surface area (TPSA) is 68.5 Å². The van der Waals surface area contributed by atoms with Gasteiger partial charge in [0.2, 0.25) is 5.76 Å². The van der Waals surface area contributed by atoms with Crippen molar-refractivity contribution >= 4 is 17.6 Å². The zero-order chi connectivity index (χ0) is 14.3. The van der Waals surface area contributed by atoms with Crippen LogP contribution >= 0.6 is 11.6 Å². The highest BCUT2D eigenvalue weighted by Gasteiger charge is 2.15. The first kappa shape index (κ1) is 14.9. The van der Waals surface area contributed by atoms with Crippen molar-refractivity contribution in [2.45, 2.75) is 6.42 Å². The van der Waals surface area contributed by atoms with Gasteiger partial charge in [-0.05, 0) is 18.2 Å². The Kier molecular flexibility index (Phi) is 5.71. The maximum absolute atomic E-state index is 11.5. The van der Waals surface area contributed by atoms with Gasteiger partial charge < -0.3 is 14.2 Å². The molecule has 0 radical (unpaired) electrons. The zero-order valence-electron chi connectivity index (χ0n) is 10.5. The minimum atomic E-state index is -0.681. The monoisotopic (exact) mass is 281 g/mol. The van der Waals surface area contributed by atoms with E-state index in [1.165, 1.54) is 14.2 Å². The number of nitrogens with zero attached hydrogens (tertiary/aromatic N) is 1. The van der Waals surface area contributed by atoms with E-state index in [1.54, 1.807) is 18.2 Å². The summed E-state index contributed by atoms with van der Waals surface area (Å²) >= 11 is 5.84. The maximum atomic E-state index is 11.5. The summed E-state index contributed by atoms with van der Waals surface area (Å²) < 4.78 is 14.7. The summed E-state index contributed by atoms with van der Waals surface area (Å²) in [5.74, 6) is -0.453. The van der Waals surface area contributed by atoms with Crippen LogP contribution in [-0.4, -0.2) is 20.2 Å². The van der Waals surface area contributed by atoms with E-state index in [4.69, 9.17) is 26.3 Å². The lowest BCUT2D eigenvalue weighted by atomic mass is 10.1. The molecule has 0 spiro atoms. The number of ether oxygens (including phenoxy) is 3. The molecule has 0 amide bonds. The van der Waals surface area contributed by atoms with Gasteiger partial charge in [0.25, 0.3) is 0 Å². The largest absolute Gasteiger partial charge is 0.500 e. The number of esters is 1. The molecular formula is C13H12ClNO4. The molecule has 0 unspecified atom stereocenters. The molecule has 0 fully saturated rings. The number of benzene rings is 1. The Morgan fingerprint density at radius 2 is 2.21 bits per heavy atom. The third-order valence-electron chi connectivity index (χ3n) is 2.12. The Balaban J connectivity index is 3.06. The molecule has 0 bridgehead atoms. The number of carbonyl (C=O) groups excluding carboxylic acids is 1. The first-order valence-electron chi connectivity index (χ1n) is 5.27. The first-order valence-corrected chi connectivity index (χ1v) is 5.64. The van der Waals surface area contributed by atoms with Gasteiger partial charge in [0.1, 0.15) is 12.0 Å². The van der Waals surface area contributed by atoms with Crippen LogP contribution in [0.2, 0.25) is 5.02 Å². The minimum Gasteiger partial charge on any atom is -0.500 e. The Bertz CT molecular complexity index is 534. The van der Waals surface area contributed by atoms with Gasteiger partial charge in [-0.2, -0.15) is 5.26 Å². The van der Waals surface area contributed by atoms with Crippen LogP contribution in [0.5, 0.6) is 5.75 Å². The summed E-state index contributed by atoms with van der Waals surface area (Å²) in [6.45, 7) is 0. The predicted molar refractivity (Wildman–Crippen MR) is 68.5 cm³/mol. The molecule has 0 aromatic heterocycles. The summed E-state index contributed by atoms with van der Waals surface area (Å²) in [4.78, 5) is 11.5. The summed E-state index contributed by atoms with van der Waals surface area (Å²) in [6, 6.07) is 6.76. The van der Waals surface area contributed by atoms with Crippen molar-refractivity contribution < 1.29 is 19.0 Å². The summed E-state index contributed by atoms with van der Waals surface area (Å²) in [5.41, 5.74) is 0.570. The van der Waals surface area contributed by atoms with Gasteiger partial charge in [-0.15, -0.1) is 0 Å². The number of hydrogen-bond donors (Lipinski definition) is 0. The molecule has 0 aliphatic rings. The van der Waals surface area contributed by atoms with E-state index in [2.05, 4.69) is 4.74 Å². The summed E-state index contributed by atoms with van der Waals surface area (Å²) in [5, 5.41) is 9.23. The number of methoxy groups -OCH3 is 2. The fourth-order valence-electron chi connectivity index (χ4n) is 1.31. The lowest BCUT2D eigenvalue weighted by molar-refractivity contribution is -0.138. The maximum Gasteiger partial charge on any atom is 0.377 e. The molecule has 0 N–H and O–H groups in total. The summed E-state index contributed by atoms with van der Waals surface area (Å²) in [7, 11) is 2.61. The van der Waals surface area contributed by atoms with Crippen LogP contribution in [0.15, 0.2) is 30.2 Å². The zero-order valence-corrected chi connectivity index (χ0v) is 11.2. The standard InChI is InChI=1S/C13H12ClNO4/c1-17-8-12(13(16)18-2)19-11-4-3-10(14)7-9(11)5-6-15/h3-4,7-8H,5H2,1-2H3/b12-8+. The number of halogens is 1. The predicted octanol–water partition coefficient (Wildman–Crippen LogP) is 2.45. The molecule has 1 aromatic carbocycles. The van der Waals surface area contributed by atoms with Crippen LogP contribution in [0.3, 0.4) is 0 Å². The highest BCUT2D eigenvalue weighted by Crippen LogP contribution is 2.25. The Labute approximate surface area is 115 Å². The van der Waals surface area contributed by atoms with Crippen molar-refractivity contribution in [3.8, 4) is 11.8 Å². The van der Waals surface area contributed by atoms with Crippen molar-refractivity contribution in [1.82, 2.24) is 0 Å². The highest BCUT2D eigenvalue weighted by molar-refractivity contribution is 6.30. The third kappa shape index (κ3) is 4.19. The molecular weight excluding hydrogens is 270 g/mol. The van der Waals surface area contributed by atoms with Crippen molar-refractivity contribution in [3.63, 3.8) is 0 Å². The Morgan fingerprint density at radius 1 is 1.47 bits per heavy atom. The molecule has 1 rings (SSSR count). The van der Waals surface area contributed by atoms with Crippen LogP contribution in [0.4, 0.5) is 0 Å². The molecule has 6 heteroatoms. The molecule has 0 aliphatic heterocycles. The number of rotatable bonds is 5. The average Bonchev–Trinajstić information content (AvgIpc) is 2.40. The fraction of sp³-hybridized carbons (Fsp3) is 0.231. The number of carbonyl (C=O) groups is 1. The molecule has 5 nitrogen and oxygen atoms in total. The normalized spacial score (nSPS) is 10.5. The first-order chi connectivity index (χ1) is 9.12. The fourth-order valence-corrected chi connectivity index (χ4v) is 1.51. The van der Waals surface area contributed by atoms with E-state index in [1.807, 2.05) is 6.07 Å². The van der Waals surface area contributed by atoms with Crippen LogP contribution in [0.1, 0.15) is 5.56 Å². The van der Waals surface area contributed by atoms with Gasteiger partial charge in [0.05, 0.1) is 26.7 Å². The van der Waals surface area contributed by atoms with Crippen molar-refractivity contribution in [2.24, 2.45) is 0 Å². The number of nitriles is 1. The number of hydrogen-bond acceptors (Lipinski definition) is 5. The van der Waals surface area contributed by atoms with Gasteiger partial charge in [-0.25, -0.2) is 4.79 Å². The van der Waals surface area contributed by atoms with Crippen molar-refractivity contribution in [2.75, 3.05) is 14.2 Å². The van der Waals surface area contributed by atoms with Gasteiger partial charge in [-0.1, -0.05) is 11.6 Å². The van der Waals surface area contributed by atoms with E-state index in [0.29, 0.717) is 16.3 Å². The van der Waals surface area contributed by atoms with E-state index < -0.39 is 5.97 Å². The second-order valence-corrected chi connectivity index (χ2v) is 3.83. The van der Waals surface area contributed by atoms with E-state index in [9.17, 15) is 4.79 Å². The molecule has 100 valence electrons. The van der Waals surface area contributed by atoms with Gasteiger partial charge in [-0.3, -0.25) is 0 Å². The SMILES string of the molecule is CO/C=C(/Oc1ccc(Cl)cc1CC#N)C(=O)OC. The quantitative estimate of drug-likeness (QED) is 0.471. The van der Waals surface area contributed by atoms with Crippen molar-refractivity contribution in [3.05, 3.63) is 40.8 Å². The van der Waals surface area contributed by atoms with Crippen LogP contribution in [-0.2, 0) is 20.7 Å². The molecule has 1 aromatic rings. The smallest absolute Gasteiger partial charge is 0.377 e. The minimum absolute atomic E-state index is 0.108. The molecule has 0 saturated heterocycles. The highest BCUT2D eigenvalue weighted by atomic mass is 35.5. The molecule has 0 aliphatic carbocycles. The van der Waals surface area contributed by atoms with Crippen LogP contribution < -0.4 is 4.74 Å². The molecule has 0 heterocycles.